The molecule has 0 saturated heterocycles. The minimum atomic E-state index is -0.574. The number of ketones is 1. The van der Waals surface area contributed by atoms with E-state index < -0.39 is 5.60 Å². The van der Waals surface area contributed by atoms with Crippen LogP contribution in [0, 0.1) is 5.92 Å². The molecule has 0 radical (unpaired) electrons. The van der Waals surface area contributed by atoms with Gasteiger partial charge >= 0.3 is 0 Å². The van der Waals surface area contributed by atoms with Gasteiger partial charge in [0.25, 0.3) is 0 Å². The number of hydrogen-bond acceptors (Lipinski definition) is 3. The maximum Gasteiger partial charge on any atom is 0.170 e. The normalized spacial score (nSPS) is 28.3. The monoisotopic (exact) mass is 250 g/mol. The van der Waals surface area contributed by atoms with Crippen LogP contribution in [0.5, 0.6) is 0 Å². The Hall–Kier alpha value is -1.16. The number of ether oxygens (including phenoxy) is 1. The van der Waals surface area contributed by atoms with Crippen LogP contribution < -0.4 is 0 Å². The summed E-state index contributed by atoms with van der Waals surface area (Å²) < 4.78 is 7.33. The van der Waals surface area contributed by atoms with Crippen molar-refractivity contribution in [1.29, 1.82) is 0 Å². The number of Topliss-reactive ketones (excluding diaryl/α,β-unsaturated/α-hetero) is 1. The summed E-state index contributed by atoms with van der Waals surface area (Å²) in [5, 5.41) is 4.27. The molecule has 18 heavy (non-hydrogen) atoms. The molecule has 2 rings (SSSR count). The van der Waals surface area contributed by atoms with E-state index in [0.29, 0.717) is 12.3 Å². The highest BCUT2D eigenvalue weighted by Crippen LogP contribution is 2.36. The zero-order chi connectivity index (χ0) is 13.2. The average Bonchev–Trinajstić information content (AvgIpc) is 2.74. The Morgan fingerprint density at radius 3 is 3.00 bits per heavy atom. The first kappa shape index (κ1) is 13.3. The van der Waals surface area contributed by atoms with Crippen LogP contribution in [0.1, 0.15) is 38.3 Å². The predicted molar refractivity (Wildman–Crippen MR) is 69.3 cm³/mol. The Balaban J connectivity index is 2.09. The number of carbonyl (C=O) groups is 1. The van der Waals surface area contributed by atoms with Gasteiger partial charge in [0.2, 0.25) is 0 Å². The van der Waals surface area contributed by atoms with Crippen LogP contribution in [-0.4, -0.2) is 28.3 Å². The molecule has 1 aliphatic rings. The third-order valence-electron chi connectivity index (χ3n) is 3.97. The van der Waals surface area contributed by atoms with Crippen LogP contribution in [0.2, 0.25) is 0 Å². The molecular formula is C14H22N2O2. The summed E-state index contributed by atoms with van der Waals surface area (Å²) in [5.41, 5.74) is 0.256. The van der Waals surface area contributed by atoms with E-state index in [2.05, 4.69) is 12.0 Å². The third kappa shape index (κ3) is 2.64. The van der Waals surface area contributed by atoms with Gasteiger partial charge in [0.15, 0.2) is 5.78 Å². The summed E-state index contributed by atoms with van der Waals surface area (Å²) in [6.07, 6.45) is 6.20. The second-order valence-corrected chi connectivity index (χ2v) is 5.48. The topological polar surface area (TPSA) is 44.1 Å². The predicted octanol–water partition coefficient (Wildman–Crippen LogP) is 2.13. The van der Waals surface area contributed by atoms with Crippen molar-refractivity contribution in [3.05, 3.63) is 18.0 Å². The molecule has 0 spiro atoms. The molecule has 100 valence electrons. The highest BCUT2D eigenvalue weighted by atomic mass is 16.5. The Kier molecular flexibility index (Phi) is 3.85. The number of methoxy groups -OCH3 is 1. The molecule has 4 heteroatoms. The quantitative estimate of drug-likeness (QED) is 0.822. The van der Waals surface area contributed by atoms with Crippen LogP contribution in [0.25, 0.3) is 0 Å². The molecule has 0 amide bonds. The Bertz CT molecular complexity index is 427. The maximum absolute atomic E-state index is 12.5. The summed E-state index contributed by atoms with van der Waals surface area (Å²) in [6, 6.07) is 1.90. The van der Waals surface area contributed by atoms with E-state index in [1.807, 2.05) is 19.3 Å². The summed E-state index contributed by atoms with van der Waals surface area (Å²) in [7, 11) is 3.52. The van der Waals surface area contributed by atoms with Crippen molar-refractivity contribution >= 4 is 5.78 Å². The van der Waals surface area contributed by atoms with Crippen molar-refractivity contribution in [1.82, 2.24) is 9.78 Å². The number of aryl methyl sites for hydroxylation is 1. The van der Waals surface area contributed by atoms with Crippen LogP contribution in [0.15, 0.2) is 12.3 Å². The first-order valence-electron chi connectivity index (χ1n) is 6.63. The van der Waals surface area contributed by atoms with Crippen molar-refractivity contribution in [3.63, 3.8) is 0 Å². The van der Waals surface area contributed by atoms with Crippen LogP contribution in [-0.2, 0) is 23.0 Å². The molecule has 0 aromatic carbocycles. The number of aromatic nitrogens is 2. The first-order chi connectivity index (χ1) is 8.55. The van der Waals surface area contributed by atoms with Gasteiger partial charge in [-0.1, -0.05) is 13.3 Å². The van der Waals surface area contributed by atoms with E-state index in [0.717, 1.165) is 25.0 Å². The Morgan fingerprint density at radius 2 is 2.44 bits per heavy atom. The SMILES string of the molecule is COC1(C(=O)Cc2ccn(C)n2)CCCC(C)C1. The van der Waals surface area contributed by atoms with Gasteiger partial charge in [0.1, 0.15) is 5.60 Å². The summed E-state index contributed by atoms with van der Waals surface area (Å²) in [5.74, 6) is 0.738. The standard InChI is InChI=1S/C14H22N2O2/c1-11-5-4-7-14(10-11,18-3)13(17)9-12-6-8-16(2)15-12/h6,8,11H,4-5,7,9-10H2,1-3H3. The van der Waals surface area contributed by atoms with Gasteiger partial charge in [-0.05, 0) is 31.2 Å². The largest absolute Gasteiger partial charge is 0.370 e. The zero-order valence-corrected chi connectivity index (χ0v) is 11.5. The number of carbonyl (C=O) groups excluding carboxylic acids is 1. The Morgan fingerprint density at radius 1 is 1.67 bits per heavy atom. The van der Waals surface area contributed by atoms with Gasteiger partial charge in [-0.25, -0.2) is 0 Å². The molecule has 1 saturated carbocycles. The molecule has 1 heterocycles. The summed E-state index contributed by atoms with van der Waals surface area (Å²) >= 11 is 0. The lowest BCUT2D eigenvalue weighted by Crippen LogP contribution is -2.45. The molecule has 1 fully saturated rings. The highest BCUT2D eigenvalue weighted by Gasteiger charge is 2.41. The lowest BCUT2D eigenvalue weighted by molar-refractivity contribution is -0.146. The van der Waals surface area contributed by atoms with Crippen LogP contribution >= 0.6 is 0 Å². The van der Waals surface area contributed by atoms with E-state index in [4.69, 9.17) is 4.74 Å². The zero-order valence-electron chi connectivity index (χ0n) is 11.5. The summed E-state index contributed by atoms with van der Waals surface area (Å²) in [6.45, 7) is 2.20. The fraction of sp³-hybridized carbons (Fsp3) is 0.714. The van der Waals surface area contributed by atoms with E-state index in [9.17, 15) is 4.79 Å². The molecule has 0 bridgehead atoms. The molecule has 2 atom stereocenters. The van der Waals surface area contributed by atoms with Crippen LogP contribution in [0.3, 0.4) is 0 Å². The van der Waals surface area contributed by atoms with Crippen molar-refractivity contribution in [3.8, 4) is 0 Å². The van der Waals surface area contributed by atoms with Gasteiger partial charge in [-0.3, -0.25) is 9.48 Å². The van der Waals surface area contributed by atoms with Crippen molar-refractivity contribution in [2.45, 2.75) is 44.6 Å². The van der Waals surface area contributed by atoms with Crippen molar-refractivity contribution in [2.75, 3.05) is 7.11 Å². The molecule has 1 aromatic rings. The average molecular weight is 250 g/mol. The molecule has 4 nitrogen and oxygen atoms in total. The number of hydrogen-bond donors (Lipinski definition) is 0. The van der Waals surface area contributed by atoms with Crippen molar-refractivity contribution < 1.29 is 9.53 Å². The van der Waals surface area contributed by atoms with E-state index in [-0.39, 0.29) is 5.78 Å². The minimum Gasteiger partial charge on any atom is -0.370 e. The minimum absolute atomic E-state index is 0.176. The van der Waals surface area contributed by atoms with Crippen LogP contribution in [0.4, 0.5) is 0 Å². The second-order valence-electron chi connectivity index (χ2n) is 5.48. The van der Waals surface area contributed by atoms with Gasteiger partial charge in [-0.2, -0.15) is 5.10 Å². The van der Waals surface area contributed by atoms with Crippen molar-refractivity contribution in [2.24, 2.45) is 13.0 Å². The van der Waals surface area contributed by atoms with Gasteiger partial charge in [0, 0.05) is 20.4 Å². The fourth-order valence-corrected chi connectivity index (χ4v) is 2.94. The Labute approximate surface area is 108 Å². The smallest absolute Gasteiger partial charge is 0.170 e. The molecule has 2 unspecified atom stereocenters. The number of rotatable bonds is 4. The fourth-order valence-electron chi connectivity index (χ4n) is 2.94. The number of nitrogens with zero attached hydrogens (tertiary/aromatic N) is 2. The highest BCUT2D eigenvalue weighted by molar-refractivity contribution is 5.89. The second kappa shape index (κ2) is 5.22. The van der Waals surface area contributed by atoms with E-state index >= 15 is 0 Å². The van der Waals surface area contributed by atoms with E-state index in [1.54, 1.807) is 11.8 Å². The molecule has 0 N–H and O–H groups in total. The summed E-state index contributed by atoms with van der Waals surface area (Å²) in [4.78, 5) is 12.5. The van der Waals surface area contributed by atoms with E-state index in [1.165, 1.54) is 6.42 Å². The molecule has 1 aromatic heterocycles. The lowest BCUT2D eigenvalue weighted by Gasteiger charge is -2.37. The van der Waals surface area contributed by atoms with Gasteiger partial charge in [0.05, 0.1) is 12.1 Å². The lowest BCUT2D eigenvalue weighted by atomic mass is 9.75. The maximum atomic E-state index is 12.5. The molecular weight excluding hydrogens is 228 g/mol. The molecule has 1 aliphatic carbocycles. The van der Waals surface area contributed by atoms with Gasteiger partial charge < -0.3 is 4.74 Å². The third-order valence-corrected chi connectivity index (χ3v) is 3.97. The van der Waals surface area contributed by atoms with Gasteiger partial charge in [-0.15, -0.1) is 0 Å². The molecule has 0 aliphatic heterocycles. The first-order valence-corrected chi connectivity index (χ1v) is 6.63.